The van der Waals surface area contributed by atoms with Crippen molar-refractivity contribution in [2.45, 2.75) is 221 Å². The summed E-state index contributed by atoms with van der Waals surface area (Å²) in [6.07, 6.45) is -11.1. The summed E-state index contributed by atoms with van der Waals surface area (Å²) in [4.78, 5) is 13.1. The number of carbonyl (C=O) groups is 1. The Morgan fingerprint density at radius 2 is 0.395 bits per heavy atom. The first-order valence-corrected chi connectivity index (χ1v) is 44.9. The summed E-state index contributed by atoms with van der Waals surface area (Å²) in [5.74, 6) is 5.19. The van der Waals surface area contributed by atoms with E-state index < -0.39 is 38.7 Å². The third kappa shape index (κ3) is 26.9. The molecule has 0 aromatic heterocycles. The Hall–Kier alpha value is -12.3. The number of aryl methyl sites for hydroxylation is 28. The van der Waals surface area contributed by atoms with Crippen molar-refractivity contribution in [2.24, 2.45) is 0 Å². The number of rotatable bonds is 13. The molecule has 0 spiro atoms. The number of ether oxygens (including phenoxy) is 3. The number of sulfone groups is 1. The number of ketones is 1. The zero-order chi connectivity index (χ0) is 95.6. The Kier molecular flexibility index (Phi) is 34.9. The van der Waals surface area contributed by atoms with Crippen molar-refractivity contribution in [3.8, 4) is 45.6 Å². The SMILES string of the molecule is Cc1cc(C)c(C)cc1C.Cc1ccc(-c2ccc(C)c(C)c2)cc1C.Cc1ccc(C(=O)c2ccc(C)c(C)c2)cc1C.Cc1ccc(C(c2ccc(C)c(C)c2)(C(F)(F)F)C(F)(F)F)cc1C.Cc1ccc(Oc2ccc(C)c(C)c2)cc1C.Cc1ccc(Oc2ccc(Oc3ccc(C)c(C)c3)cc2)cc1C.Cc1ccc(S(=O)(=O)c2ccc(C)c(C)c2)cc1C. The molecule has 0 aliphatic rings. The second kappa shape index (κ2) is 44.1. The molecule has 14 aromatic carbocycles. The summed E-state index contributed by atoms with van der Waals surface area (Å²) in [6.45, 7) is 56.3. The van der Waals surface area contributed by atoms with Crippen LogP contribution >= 0.6 is 0 Å². The fraction of sp³-hybridized carbons (Fsp3) is 0.267. The summed E-state index contributed by atoms with van der Waals surface area (Å²) in [5, 5.41) is 0. The molecule has 0 saturated carbocycles. The highest BCUT2D eigenvalue weighted by Gasteiger charge is 2.72. The van der Waals surface area contributed by atoms with Crippen LogP contribution in [0.5, 0.6) is 34.5 Å². The number of benzene rings is 14. The van der Waals surface area contributed by atoms with E-state index >= 15 is 0 Å². The average Bonchev–Trinajstić information content (AvgIpc) is 0.712. The van der Waals surface area contributed by atoms with E-state index in [1.807, 2.05) is 139 Å². The molecule has 0 atom stereocenters. The lowest BCUT2D eigenvalue weighted by Crippen LogP contribution is -2.54. The normalized spacial score (nSPS) is 11.1. The second-order valence-corrected chi connectivity index (χ2v) is 36.6. The molecule has 13 heteroatoms. The van der Waals surface area contributed by atoms with E-state index in [2.05, 4.69) is 222 Å². The predicted octanol–water partition coefficient (Wildman–Crippen LogP) is 33.0. The molecule has 674 valence electrons. The van der Waals surface area contributed by atoms with Crippen LogP contribution in [-0.4, -0.2) is 26.6 Å². The van der Waals surface area contributed by atoms with Crippen molar-refractivity contribution in [1.82, 2.24) is 0 Å². The molecular weight excluding hydrogens is 1640 g/mol. The molecule has 0 radical (unpaired) electrons. The minimum atomic E-state index is -5.55. The van der Waals surface area contributed by atoms with Crippen molar-refractivity contribution in [3.63, 3.8) is 0 Å². The van der Waals surface area contributed by atoms with Crippen molar-refractivity contribution in [1.29, 1.82) is 0 Å². The monoisotopic (exact) mass is 1760 g/mol. The van der Waals surface area contributed by atoms with Crippen molar-refractivity contribution in [3.05, 3.63) is 433 Å². The quantitative estimate of drug-likeness (QED) is 0.0845. The molecule has 6 nitrogen and oxygen atoms in total. The Balaban J connectivity index is 0.000000188. The molecule has 129 heavy (non-hydrogen) atoms. The van der Waals surface area contributed by atoms with Crippen LogP contribution in [0.4, 0.5) is 26.3 Å². The molecule has 0 aliphatic carbocycles. The minimum absolute atomic E-state index is 0.0983. The Bertz CT molecular complexity index is 6040. The number of hydrogen-bond acceptors (Lipinski definition) is 6. The third-order valence-electron chi connectivity index (χ3n) is 24.7. The minimum Gasteiger partial charge on any atom is -0.457 e. The number of alkyl halides is 6. The molecule has 0 amide bonds. The van der Waals surface area contributed by atoms with Crippen LogP contribution in [0.1, 0.15) is 183 Å². The fourth-order valence-electron chi connectivity index (χ4n) is 13.8. The van der Waals surface area contributed by atoms with Crippen LogP contribution in [0.2, 0.25) is 0 Å². The summed E-state index contributed by atoms with van der Waals surface area (Å²) in [5.41, 5.74) is 30.4. The van der Waals surface area contributed by atoms with Gasteiger partial charge in [0, 0.05) is 11.1 Å². The summed E-state index contributed by atoms with van der Waals surface area (Å²) < 4.78 is 127. The predicted molar refractivity (Wildman–Crippen MR) is 524 cm³/mol. The Labute approximate surface area is 764 Å². The average molecular weight is 1760 g/mol. The molecule has 0 bridgehead atoms. The zero-order valence-corrected chi connectivity index (χ0v) is 81.2. The highest BCUT2D eigenvalue weighted by molar-refractivity contribution is 7.91. The van der Waals surface area contributed by atoms with E-state index in [4.69, 9.17) is 14.2 Å². The van der Waals surface area contributed by atoms with Gasteiger partial charge in [-0.25, -0.2) is 8.42 Å². The number of carbonyl (C=O) groups excluding carboxylic acids is 1. The third-order valence-corrected chi connectivity index (χ3v) is 26.5. The van der Waals surface area contributed by atoms with Gasteiger partial charge < -0.3 is 14.2 Å². The molecule has 0 heterocycles. The van der Waals surface area contributed by atoms with Gasteiger partial charge in [-0.2, -0.15) is 26.3 Å². The second-order valence-electron chi connectivity index (χ2n) is 34.6. The molecule has 0 saturated heterocycles. The molecule has 0 unspecified atom stereocenters. The topological polar surface area (TPSA) is 78.9 Å². The fourth-order valence-corrected chi connectivity index (χ4v) is 15.2. The van der Waals surface area contributed by atoms with Crippen LogP contribution in [0.25, 0.3) is 11.1 Å². The van der Waals surface area contributed by atoms with Crippen LogP contribution in [-0.2, 0) is 15.3 Å². The molecule has 14 rings (SSSR count). The van der Waals surface area contributed by atoms with E-state index in [1.165, 1.54) is 137 Å². The first-order valence-electron chi connectivity index (χ1n) is 43.4. The van der Waals surface area contributed by atoms with Gasteiger partial charge in [0.25, 0.3) is 0 Å². The van der Waals surface area contributed by atoms with Crippen LogP contribution < -0.4 is 14.2 Å². The van der Waals surface area contributed by atoms with Gasteiger partial charge in [0.1, 0.15) is 34.5 Å². The first kappa shape index (κ1) is 102. The van der Waals surface area contributed by atoms with Crippen LogP contribution in [0, 0.1) is 194 Å². The number of halogens is 6. The molecule has 14 aromatic rings. The van der Waals surface area contributed by atoms with Gasteiger partial charge >= 0.3 is 12.4 Å². The van der Waals surface area contributed by atoms with Crippen molar-refractivity contribution < 1.29 is 53.8 Å². The van der Waals surface area contributed by atoms with Gasteiger partial charge in [-0.1, -0.05) is 146 Å². The van der Waals surface area contributed by atoms with Gasteiger partial charge in [0.15, 0.2) is 5.78 Å². The van der Waals surface area contributed by atoms with Gasteiger partial charge in [-0.05, 0) is 481 Å². The summed E-state index contributed by atoms with van der Waals surface area (Å²) in [6, 6.07) is 78.7. The standard InChI is InChI=1S/C22H22O2.C19H18F6.C17H18O.C16H18O2S.C16H18O.C16H18.C10H14/c1-15-5-7-21(13-17(15)3)23-19-9-11-20(12-10-19)24-22-8-6-16(2)18(4)14-22;1-11-5-7-15(9-13(11)3)17(18(20,21)22,19(23,24)25)16-8-6-12(2)14(4)10-16;1-11-5-7-15(9-13(11)3)17(18)16-8-6-12(2)14(4)10-16;1-11-5-7-15(9-13(11)3)19(17,18)16-8-6-12(2)14(4)10-16;1-11-5-7-15(9-13(11)3)17-16-8-6-12(2)14(4)10-16;1-11-5-7-15(9-13(11)3)16-8-6-12(2)14(4)10-16;1-7-5-9(3)10(4)6-8(7)2/h5-14H,1-4H3;5-10H,1-4H3;5-10H,1-4H3;5-10H,1-4H3;5-10H,1-4H3;5-10H,1-4H3;5-6H,1-4H3. The number of hydrogen-bond donors (Lipinski definition) is 0. The van der Waals surface area contributed by atoms with E-state index in [9.17, 15) is 39.6 Å². The Morgan fingerprint density at radius 3 is 0.628 bits per heavy atom. The molecular formula is C116H126F6O6S. The van der Waals surface area contributed by atoms with E-state index in [0.29, 0.717) is 32.0 Å². The van der Waals surface area contributed by atoms with Gasteiger partial charge in [0.2, 0.25) is 15.3 Å². The smallest absolute Gasteiger partial charge is 0.411 e. The van der Waals surface area contributed by atoms with E-state index in [0.717, 1.165) is 103 Å². The summed E-state index contributed by atoms with van der Waals surface area (Å²) >= 11 is 0. The van der Waals surface area contributed by atoms with Crippen molar-refractivity contribution in [2.75, 3.05) is 0 Å². The Morgan fingerprint density at radius 1 is 0.202 bits per heavy atom. The zero-order valence-electron chi connectivity index (χ0n) is 80.4. The maximum atomic E-state index is 14.0. The molecule has 0 fully saturated rings. The van der Waals surface area contributed by atoms with Crippen molar-refractivity contribution >= 4 is 15.6 Å². The van der Waals surface area contributed by atoms with Crippen LogP contribution in [0.3, 0.4) is 0 Å². The van der Waals surface area contributed by atoms with Gasteiger partial charge in [-0.3, -0.25) is 4.79 Å². The summed E-state index contributed by atoms with van der Waals surface area (Å²) in [7, 11) is -3.42. The highest BCUT2D eigenvalue weighted by Crippen LogP contribution is 2.57. The maximum Gasteiger partial charge on any atom is 0.411 e. The lowest BCUT2D eigenvalue weighted by molar-refractivity contribution is -0.288. The van der Waals surface area contributed by atoms with E-state index in [-0.39, 0.29) is 5.78 Å². The maximum absolute atomic E-state index is 14.0. The van der Waals surface area contributed by atoms with Gasteiger partial charge in [-0.15, -0.1) is 0 Å². The largest absolute Gasteiger partial charge is 0.457 e. The lowest BCUT2D eigenvalue weighted by atomic mass is 9.71. The lowest BCUT2D eigenvalue weighted by Gasteiger charge is -2.38. The molecule has 0 aliphatic heterocycles. The molecule has 0 N–H and O–H groups in total. The van der Waals surface area contributed by atoms with Gasteiger partial charge in [0.05, 0.1) is 9.79 Å². The first-order chi connectivity index (χ1) is 60.4. The van der Waals surface area contributed by atoms with E-state index in [1.54, 1.807) is 38.1 Å². The van der Waals surface area contributed by atoms with Crippen LogP contribution in [0.15, 0.2) is 265 Å². The highest BCUT2D eigenvalue weighted by atomic mass is 32.2.